The maximum atomic E-state index is 13.1. The molecule has 0 aliphatic carbocycles. The van der Waals surface area contributed by atoms with E-state index in [0.717, 1.165) is 17.0 Å². The molecule has 1 saturated heterocycles. The first-order valence-corrected chi connectivity index (χ1v) is 10.2. The minimum Gasteiger partial charge on any atom is -0.493 e. The number of ether oxygens (including phenoxy) is 3. The first-order chi connectivity index (χ1) is 15.3. The fourth-order valence-corrected chi connectivity index (χ4v) is 5.16. The average Bonchev–Trinajstić information content (AvgIpc) is 3.27. The average molecular weight is 466 g/mol. The molecular weight excluding hydrogens is 450 g/mol. The van der Waals surface area contributed by atoms with Gasteiger partial charge in [0, 0.05) is 17.7 Å². The molecule has 0 radical (unpaired) electrons. The fourth-order valence-electron chi connectivity index (χ4n) is 3.75. The van der Waals surface area contributed by atoms with E-state index < -0.39 is 40.4 Å². The Labute approximate surface area is 184 Å². The number of halogens is 2. The second-order valence-corrected chi connectivity index (χ2v) is 8.25. The van der Waals surface area contributed by atoms with Gasteiger partial charge in [-0.1, -0.05) is 23.9 Å². The number of carbonyl (C=O) groups is 2. The van der Waals surface area contributed by atoms with Gasteiger partial charge in [0.2, 0.25) is 5.91 Å². The van der Waals surface area contributed by atoms with E-state index in [1.807, 2.05) is 0 Å². The molecule has 1 fully saturated rings. The zero-order chi connectivity index (χ0) is 23.0. The number of alkyl halides is 2. The lowest BCUT2D eigenvalue weighted by molar-refractivity contribution is -0.386. The molecule has 2 aromatic carbocycles. The molecule has 0 saturated carbocycles. The Morgan fingerprint density at radius 2 is 2.06 bits per heavy atom. The van der Waals surface area contributed by atoms with Gasteiger partial charge in [-0.25, -0.2) is 4.79 Å². The second-order valence-electron chi connectivity index (χ2n) is 6.93. The van der Waals surface area contributed by atoms with Gasteiger partial charge in [0.15, 0.2) is 16.4 Å². The van der Waals surface area contributed by atoms with Crippen molar-refractivity contribution in [3.8, 4) is 11.5 Å². The van der Waals surface area contributed by atoms with Crippen LogP contribution in [-0.4, -0.2) is 35.4 Å². The van der Waals surface area contributed by atoms with Crippen LogP contribution in [0.4, 0.5) is 20.2 Å². The lowest BCUT2D eigenvalue weighted by Crippen LogP contribution is -2.47. The Hall–Kier alpha value is -3.41. The van der Waals surface area contributed by atoms with E-state index in [-0.39, 0.29) is 30.1 Å². The zero-order valence-electron chi connectivity index (χ0n) is 16.6. The maximum Gasteiger partial charge on any atom is 0.387 e. The number of thioether (sulfide) groups is 1. The predicted molar refractivity (Wildman–Crippen MR) is 108 cm³/mol. The molecule has 168 valence electrons. The number of hydrogen-bond acceptors (Lipinski definition) is 8. The third kappa shape index (κ3) is 3.60. The van der Waals surface area contributed by atoms with E-state index in [9.17, 15) is 28.5 Å². The largest absolute Gasteiger partial charge is 0.493 e. The molecule has 1 atom stereocenters. The molecule has 0 spiro atoms. The Morgan fingerprint density at radius 3 is 2.75 bits per heavy atom. The van der Waals surface area contributed by atoms with E-state index >= 15 is 0 Å². The standard InChI is InChI=1S/C20H16F2N2O7S/c1-29-14-8-11(13(24(27)28)9-15(14)31-19(21)22)10-30-18(26)20-7-6-17(25)23(20)12-4-2-3-5-16(12)32-20/h2-5,8-9,19H,6-7,10H2,1H3/t20-/m0/s1. The summed E-state index contributed by atoms with van der Waals surface area (Å²) in [5.74, 6) is -1.65. The minimum absolute atomic E-state index is 0.0744. The molecule has 2 aliphatic heterocycles. The first kappa shape index (κ1) is 21.8. The van der Waals surface area contributed by atoms with Crippen molar-refractivity contribution in [3.63, 3.8) is 0 Å². The van der Waals surface area contributed by atoms with Crippen LogP contribution in [0.3, 0.4) is 0 Å². The number of amides is 1. The number of fused-ring (bicyclic) bond motifs is 3. The Balaban J connectivity index is 1.60. The number of benzene rings is 2. The summed E-state index contributed by atoms with van der Waals surface area (Å²) in [6, 6.07) is 8.96. The Kier molecular flexibility index (Phi) is 5.63. The van der Waals surface area contributed by atoms with Crippen molar-refractivity contribution in [2.75, 3.05) is 12.0 Å². The van der Waals surface area contributed by atoms with Crippen molar-refractivity contribution in [1.29, 1.82) is 0 Å². The molecule has 0 bridgehead atoms. The lowest BCUT2D eigenvalue weighted by Gasteiger charge is -2.28. The fraction of sp³-hybridized carbons (Fsp3) is 0.300. The number of nitro groups is 1. The van der Waals surface area contributed by atoms with Crippen molar-refractivity contribution in [2.24, 2.45) is 0 Å². The first-order valence-electron chi connectivity index (χ1n) is 9.35. The molecule has 0 aromatic heterocycles. The summed E-state index contributed by atoms with van der Waals surface area (Å²) in [4.78, 5) is 37.1. The van der Waals surface area contributed by atoms with E-state index in [2.05, 4.69) is 4.74 Å². The molecule has 1 amide bonds. The summed E-state index contributed by atoms with van der Waals surface area (Å²) in [6.07, 6.45) is 0.376. The van der Waals surface area contributed by atoms with Gasteiger partial charge in [-0.2, -0.15) is 8.78 Å². The van der Waals surface area contributed by atoms with Crippen LogP contribution in [0.1, 0.15) is 18.4 Å². The summed E-state index contributed by atoms with van der Waals surface area (Å²) in [5, 5.41) is 11.5. The van der Waals surface area contributed by atoms with Gasteiger partial charge in [0.05, 0.1) is 29.4 Å². The number of nitrogens with zero attached hydrogens (tertiary/aromatic N) is 2. The quantitative estimate of drug-likeness (QED) is 0.344. The Bertz CT molecular complexity index is 1110. The van der Waals surface area contributed by atoms with Crippen LogP contribution in [0.25, 0.3) is 0 Å². The molecule has 0 N–H and O–H groups in total. The number of para-hydroxylation sites is 1. The highest BCUT2D eigenvalue weighted by Gasteiger charge is 2.58. The third-order valence-corrected chi connectivity index (χ3v) is 6.58. The zero-order valence-corrected chi connectivity index (χ0v) is 17.4. The monoisotopic (exact) mass is 466 g/mol. The molecular formula is C20H16F2N2O7S. The Morgan fingerprint density at radius 1 is 1.31 bits per heavy atom. The number of hydrogen-bond donors (Lipinski definition) is 0. The van der Waals surface area contributed by atoms with Crippen molar-refractivity contribution in [2.45, 2.75) is 35.8 Å². The summed E-state index contributed by atoms with van der Waals surface area (Å²) in [5.41, 5.74) is -0.0406. The SMILES string of the molecule is COc1cc(COC(=O)[C@@]23CCC(=O)N2c2ccccc2S3)c([N+](=O)[O-])cc1OC(F)F. The van der Waals surface area contributed by atoms with Crippen LogP contribution in [-0.2, 0) is 20.9 Å². The maximum absolute atomic E-state index is 13.1. The van der Waals surface area contributed by atoms with Crippen molar-refractivity contribution in [3.05, 3.63) is 52.1 Å². The van der Waals surface area contributed by atoms with Crippen LogP contribution >= 0.6 is 11.8 Å². The predicted octanol–water partition coefficient (Wildman–Crippen LogP) is 3.88. The van der Waals surface area contributed by atoms with E-state index in [0.29, 0.717) is 5.69 Å². The highest BCUT2D eigenvalue weighted by Crippen LogP contribution is 2.56. The second kappa shape index (κ2) is 8.26. The molecule has 2 aliphatic rings. The molecule has 9 nitrogen and oxygen atoms in total. The molecule has 2 heterocycles. The number of methoxy groups -OCH3 is 1. The van der Waals surface area contributed by atoms with Crippen LogP contribution in [0, 0.1) is 10.1 Å². The highest BCUT2D eigenvalue weighted by atomic mass is 32.2. The lowest BCUT2D eigenvalue weighted by atomic mass is 10.1. The van der Waals surface area contributed by atoms with Gasteiger partial charge in [0.1, 0.15) is 6.61 Å². The van der Waals surface area contributed by atoms with Gasteiger partial charge < -0.3 is 14.2 Å². The van der Waals surface area contributed by atoms with Crippen LogP contribution in [0.5, 0.6) is 11.5 Å². The van der Waals surface area contributed by atoms with E-state index in [4.69, 9.17) is 9.47 Å². The number of nitro benzene ring substituents is 1. The van der Waals surface area contributed by atoms with Gasteiger partial charge in [-0.05, 0) is 18.2 Å². The molecule has 32 heavy (non-hydrogen) atoms. The third-order valence-electron chi connectivity index (χ3n) is 5.13. The highest BCUT2D eigenvalue weighted by molar-refractivity contribution is 8.02. The summed E-state index contributed by atoms with van der Waals surface area (Å²) >= 11 is 1.20. The minimum atomic E-state index is -3.21. The van der Waals surface area contributed by atoms with Crippen molar-refractivity contribution < 1.29 is 37.5 Å². The molecule has 4 rings (SSSR count). The molecule has 2 aromatic rings. The smallest absolute Gasteiger partial charge is 0.387 e. The summed E-state index contributed by atoms with van der Waals surface area (Å²) in [7, 11) is 1.18. The van der Waals surface area contributed by atoms with Gasteiger partial charge >= 0.3 is 12.6 Å². The normalized spacial score (nSPS) is 19.0. The number of carbonyl (C=O) groups excluding carboxylic acids is 2. The van der Waals surface area contributed by atoms with Gasteiger partial charge in [-0.3, -0.25) is 19.8 Å². The van der Waals surface area contributed by atoms with Crippen LogP contribution in [0.2, 0.25) is 0 Å². The van der Waals surface area contributed by atoms with E-state index in [1.54, 1.807) is 24.3 Å². The summed E-state index contributed by atoms with van der Waals surface area (Å²) in [6.45, 7) is -3.74. The molecule has 0 unspecified atom stereocenters. The number of anilines is 1. The van der Waals surface area contributed by atoms with Crippen LogP contribution in [0.15, 0.2) is 41.3 Å². The molecule has 12 heteroatoms. The van der Waals surface area contributed by atoms with Crippen molar-refractivity contribution in [1.82, 2.24) is 0 Å². The van der Waals surface area contributed by atoms with Crippen molar-refractivity contribution >= 4 is 35.0 Å². The van der Waals surface area contributed by atoms with Crippen LogP contribution < -0.4 is 14.4 Å². The van der Waals surface area contributed by atoms with Gasteiger partial charge in [0.25, 0.3) is 5.69 Å². The number of rotatable bonds is 7. The van der Waals surface area contributed by atoms with E-state index in [1.165, 1.54) is 23.8 Å². The topological polar surface area (TPSA) is 108 Å². The number of esters is 1. The summed E-state index contributed by atoms with van der Waals surface area (Å²) < 4.78 is 39.9. The van der Waals surface area contributed by atoms with Gasteiger partial charge in [-0.15, -0.1) is 0 Å².